The minimum atomic E-state index is -4.53. The third-order valence-electron chi connectivity index (χ3n) is 4.67. The molecule has 0 bridgehead atoms. The second-order valence-electron chi connectivity index (χ2n) is 6.83. The molecule has 0 aromatic carbocycles. The first-order valence-electron chi connectivity index (χ1n) is 8.84. The Hall–Kier alpha value is -2.83. The number of anilines is 3. The van der Waals surface area contributed by atoms with Crippen LogP contribution in [0.5, 0.6) is 0 Å². The van der Waals surface area contributed by atoms with Crippen LogP contribution in [-0.2, 0) is 6.18 Å². The smallest absolute Gasteiger partial charge is 0.370 e. The highest BCUT2D eigenvalue weighted by Crippen LogP contribution is 2.47. The van der Waals surface area contributed by atoms with Gasteiger partial charge < -0.3 is 10.6 Å². The molecule has 27 heavy (non-hydrogen) atoms. The first-order chi connectivity index (χ1) is 12.9. The molecule has 2 saturated carbocycles. The molecule has 0 spiro atoms. The van der Waals surface area contributed by atoms with Crippen LogP contribution >= 0.6 is 0 Å². The lowest BCUT2D eigenvalue weighted by Crippen LogP contribution is -2.14. The number of rotatable bonds is 6. The predicted octanol–water partition coefficient (Wildman–Crippen LogP) is 3.83. The van der Waals surface area contributed by atoms with Crippen LogP contribution in [0.4, 0.5) is 30.6 Å². The Kier molecular flexibility index (Phi) is 4.17. The van der Waals surface area contributed by atoms with Gasteiger partial charge in [-0.3, -0.25) is 4.68 Å². The molecule has 0 unspecified atom stereocenters. The van der Waals surface area contributed by atoms with Crippen LogP contribution in [-0.4, -0.2) is 26.3 Å². The van der Waals surface area contributed by atoms with Crippen LogP contribution in [0, 0.1) is 17.2 Å². The summed E-state index contributed by atoms with van der Waals surface area (Å²) in [5, 5.41) is 19.3. The highest BCUT2D eigenvalue weighted by molar-refractivity contribution is 5.59. The zero-order valence-corrected chi connectivity index (χ0v) is 14.6. The Morgan fingerprint density at radius 1 is 1.37 bits per heavy atom. The summed E-state index contributed by atoms with van der Waals surface area (Å²) in [4.78, 5) is 7.84. The van der Waals surface area contributed by atoms with Gasteiger partial charge in [-0.05, 0) is 26.2 Å². The van der Waals surface area contributed by atoms with Gasteiger partial charge in [0.2, 0.25) is 5.95 Å². The van der Waals surface area contributed by atoms with Crippen molar-refractivity contribution >= 4 is 17.5 Å². The molecule has 7 nitrogen and oxygen atoms in total. The summed E-state index contributed by atoms with van der Waals surface area (Å²) in [7, 11) is 0. The fourth-order valence-corrected chi connectivity index (χ4v) is 3.01. The molecule has 2 N–H and O–H groups in total. The summed E-state index contributed by atoms with van der Waals surface area (Å²) < 4.78 is 41.1. The fourth-order valence-electron chi connectivity index (χ4n) is 3.01. The predicted molar refractivity (Wildman–Crippen MR) is 91.4 cm³/mol. The van der Waals surface area contributed by atoms with Gasteiger partial charge in [0.1, 0.15) is 11.4 Å². The molecule has 2 aliphatic rings. The summed E-state index contributed by atoms with van der Waals surface area (Å²) in [6.07, 6.45) is 0.856. The van der Waals surface area contributed by atoms with Crippen molar-refractivity contribution in [3.63, 3.8) is 0 Å². The monoisotopic (exact) mass is 377 g/mol. The van der Waals surface area contributed by atoms with Crippen molar-refractivity contribution in [1.82, 2.24) is 19.7 Å². The van der Waals surface area contributed by atoms with Crippen molar-refractivity contribution in [2.24, 2.45) is 5.92 Å². The van der Waals surface area contributed by atoms with Gasteiger partial charge in [0.25, 0.3) is 0 Å². The highest BCUT2D eigenvalue weighted by Gasteiger charge is 2.41. The topological polar surface area (TPSA) is 91.5 Å². The molecule has 2 atom stereocenters. The maximum Gasteiger partial charge on any atom is 0.421 e. The normalized spacial score (nSPS) is 21.6. The summed E-state index contributed by atoms with van der Waals surface area (Å²) in [6.45, 7) is 2.01. The van der Waals surface area contributed by atoms with Crippen LogP contribution in [0.1, 0.15) is 49.4 Å². The van der Waals surface area contributed by atoms with Crippen LogP contribution in [0.2, 0.25) is 0 Å². The largest absolute Gasteiger partial charge is 0.421 e. The Morgan fingerprint density at radius 2 is 2.15 bits per heavy atom. The maximum atomic E-state index is 13.1. The molecule has 4 rings (SSSR count). The van der Waals surface area contributed by atoms with Crippen LogP contribution in [0.25, 0.3) is 0 Å². The van der Waals surface area contributed by atoms with E-state index in [1.807, 2.05) is 0 Å². The van der Waals surface area contributed by atoms with Gasteiger partial charge in [-0.2, -0.15) is 28.5 Å². The third-order valence-corrected chi connectivity index (χ3v) is 4.67. The average molecular weight is 377 g/mol. The van der Waals surface area contributed by atoms with Gasteiger partial charge in [0.05, 0.1) is 29.4 Å². The Morgan fingerprint density at radius 3 is 2.74 bits per heavy atom. The number of hydrogen-bond acceptors (Lipinski definition) is 6. The first kappa shape index (κ1) is 17.6. The Balaban J connectivity index is 1.62. The summed E-state index contributed by atoms with van der Waals surface area (Å²) in [5.74, 6) is 0.117. The molecule has 2 fully saturated rings. The lowest BCUT2D eigenvalue weighted by Gasteiger charge is -2.13. The van der Waals surface area contributed by atoms with E-state index in [-0.39, 0.29) is 23.7 Å². The second-order valence-corrected chi connectivity index (χ2v) is 6.83. The van der Waals surface area contributed by atoms with Gasteiger partial charge in [0.15, 0.2) is 0 Å². The van der Waals surface area contributed by atoms with Crippen molar-refractivity contribution < 1.29 is 13.2 Å². The summed E-state index contributed by atoms with van der Waals surface area (Å²) >= 11 is 0. The minimum Gasteiger partial charge on any atom is -0.370 e. The number of halogens is 3. The van der Waals surface area contributed by atoms with Crippen molar-refractivity contribution in [3.05, 3.63) is 23.7 Å². The average Bonchev–Trinajstić information content (AvgIpc) is 3.53. The number of hydrogen-bond donors (Lipinski definition) is 2. The van der Waals surface area contributed by atoms with Crippen LogP contribution < -0.4 is 10.6 Å². The van der Waals surface area contributed by atoms with E-state index in [1.165, 1.54) is 0 Å². The number of nitrogens with zero attached hydrogens (tertiary/aromatic N) is 5. The quantitative estimate of drug-likeness (QED) is 0.795. The van der Waals surface area contributed by atoms with E-state index in [2.05, 4.69) is 31.8 Å². The molecule has 0 amide bonds. The van der Waals surface area contributed by atoms with E-state index in [9.17, 15) is 13.2 Å². The van der Waals surface area contributed by atoms with Crippen molar-refractivity contribution in [3.8, 4) is 6.07 Å². The van der Waals surface area contributed by atoms with E-state index >= 15 is 0 Å². The maximum absolute atomic E-state index is 13.1. The van der Waals surface area contributed by atoms with Gasteiger partial charge in [0, 0.05) is 24.9 Å². The highest BCUT2D eigenvalue weighted by atomic mass is 19.4. The SMILES string of the molecule is CCNc1nc(Nc2cn([C@@H]3C[C@@H]3C#N)nc2C2CC2)ncc1C(F)(F)F. The number of nitrogens with one attached hydrogen (secondary N) is 2. The summed E-state index contributed by atoms with van der Waals surface area (Å²) in [5.41, 5.74) is 0.637. The first-order valence-corrected chi connectivity index (χ1v) is 8.84. The molecule has 0 aliphatic heterocycles. The minimum absolute atomic E-state index is 0.0347. The second kappa shape index (κ2) is 6.40. The van der Waals surface area contributed by atoms with E-state index in [0.717, 1.165) is 31.2 Å². The van der Waals surface area contributed by atoms with E-state index in [4.69, 9.17) is 5.26 Å². The molecule has 2 aromatic heterocycles. The molecule has 2 aliphatic carbocycles. The lowest BCUT2D eigenvalue weighted by atomic mass is 10.2. The molecule has 142 valence electrons. The summed E-state index contributed by atoms with van der Waals surface area (Å²) in [6, 6.07) is 2.30. The zero-order valence-electron chi connectivity index (χ0n) is 14.6. The molecule has 10 heteroatoms. The van der Waals surface area contributed by atoms with Gasteiger partial charge in [-0.1, -0.05) is 0 Å². The lowest BCUT2D eigenvalue weighted by molar-refractivity contribution is -0.137. The number of aromatic nitrogens is 4. The van der Waals surface area contributed by atoms with E-state index < -0.39 is 11.7 Å². The molecule has 2 aromatic rings. The van der Waals surface area contributed by atoms with Gasteiger partial charge in [-0.25, -0.2) is 4.98 Å². The van der Waals surface area contributed by atoms with Gasteiger partial charge in [-0.15, -0.1) is 0 Å². The van der Waals surface area contributed by atoms with Crippen LogP contribution in [0.15, 0.2) is 12.4 Å². The number of nitriles is 1. The van der Waals surface area contributed by atoms with E-state index in [1.54, 1.807) is 17.8 Å². The van der Waals surface area contributed by atoms with Crippen molar-refractivity contribution in [2.75, 3.05) is 17.2 Å². The standard InChI is InChI=1S/C17H18F3N7/c1-2-22-15-11(17(18,19)20)7-23-16(25-15)24-12-8-27(13-5-10(13)6-21)26-14(12)9-3-4-9/h7-10,13H,2-5H2,1H3,(H2,22,23,24,25)/t10-,13-/m1/s1. The van der Waals surface area contributed by atoms with E-state index in [0.29, 0.717) is 18.2 Å². The van der Waals surface area contributed by atoms with Gasteiger partial charge >= 0.3 is 6.18 Å². The number of alkyl halides is 3. The Labute approximate surface area is 153 Å². The van der Waals surface area contributed by atoms with Crippen molar-refractivity contribution in [2.45, 2.75) is 44.3 Å². The Bertz CT molecular complexity index is 895. The zero-order chi connectivity index (χ0) is 19.2. The third kappa shape index (κ3) is 3.54. The molecular weight excluding hydrogens is 359 g/mol. The fraction of sp³-hybridized carbons (Fsp3) is 0.529. The molecular formula is C17H18F3N7. The molecule has 2 heterocycles. The van der Waals surface area contributed by atoms with Crippen LogP contribution in [0.3, 0.4) is 0 Å². The molecule has 0 radical (unpaired) electrons. The molecule has 0 saturated heterocycles. The van der Waals surface area contributed by atoms with Crippen molar-refractivity contribution in [1.29, 1.82) is 5.26 Å².